The van der Waals surface area contributed by atoms with E-state index in [4.69, 9.17) is 9.47 Å². The quantitative estimate of drug-likeness (QED) is 0.798. The largest absolute Gasteiger partial charge is 0.480 e. The predicted octanol–water partition coefficient (Wildman–Crippen LogP) is 2.87. The summed E-state index contributed by atoms with van der Waals surface area (Å²) in [4.78, 5) is 11.9. The summed E-state index contributed by atoms with van der Waals surface area (Å²) in [5.74, 6) is -1.10. The average molecular weight is 421 g/mol. The third kappa shape index (κ3) is 3.85. The number of aliphatic carboxylic acids is 1. The van der Waals surface area contributed by atoms with E-state index in [1.165, 1.54) is 48.5 Å². The maximum atomic E-state index is 13.1. The van der Waals surface area contributed by atoms with Gasteiger partial charge in [0.2, 0.25) is 10.0 Å². The van der Waals surface area contributed by atoms with E-state index in [2.05, 4.69) is 0 Å². The molecule has 0 radical (unpaired) electrons. The van der Waals surface area contributed by atoms with Gasteiger partial charge in [-0.2, -0.15) is 4.31 Å². The fraction of sp³-hybridized carbons (Fsp3) is 0.350. The Bertz CT molecular complexity index is 993. The molecule has 2 aromatic rings. The van der Waals surface area contributed by atoms with Crippen LogP contribution in [0.25, 0.3) is 0 Å². The summed E-state index contributed by atoms with van der Waals surface area (Å²) in [5.41, 5.74) is 0. The van der Waals surface area contributed by atoms with Crippen molar-refractivity contribution in [3.8, 4) is 11.5 Å². The van der Waals surface area contributed by atoms with Crippen molar-refractivity contribution in [1.29, 1.82) is 0 Å². The minimum absolute atomic E-state index is 0.00688. The van der Waals surface area contributed by atoms with E-state index in [0.717, 1.165) is 4.31 Å². The van der Waals surface area contributed by atoms with Crippen LogP contribution < -0.4 is 4.74 Å². The van der Waals surface area contributed by atoms with Crippen molar-refractivity contribution in [2.45, 2.75) is 29.9 Å². The lowest BCUT2D eigenvalue weighted by Gasteiger charge is -2.38. The third-order valence-electron chi connectivity index (χ3n) is 5.34. The Morgan fingerprint density at radius 2 is 1.69 bits per heavy atom. The van der Waals surface area contributed by atoms with Crippen LogP contribution in [0.1, 0.15) is 12.8 Å². The molecule has 154 valence electrons. The van der Waals surface area contributed by atoms with Crippen molar-refractivity contribution < 1.29 is 32.2 Å². The fourth-order valence-corrected chi connectivity index (χ4v) is 5.60. The summed E-state index contributed by atoms with van der Waals surface area (Å²) >= 11 is 0. The molecule has 0 bridgehead atoms. The number of sulfonamides is 1. The first-order valence-electron chi connectivity index (χ1n) is 9.26. The van der Waals surface area contributed by atoms with Crippen LogP contribution in [0.15, 0.2) is 53.4 Å². The molecule has 2 heterocycles. The van der Waals surface area contributed by atoms with Gasteiger partial charge in [-0.15, -0.1) is 0 Å². The number of piperidine rings is 1. The van der Waals surface area contributed by atoms with E-state index in [1.807, 2.05) is 0 Å². The number of nitrogens with zero attached hydrogens (tertiary/aromatic N) is 1. The number of carboxylic acids is 1. The van der Waals surface area contributed by atoms with Gasteiger partial charge < -0.3 is 14.6 Å². The molecule has 0 amide bonds. The van der Waals surface area contributed by atoms with Crippen LogP contribution in [0.3, 0.4) is 0 Å². The standard InChI is InChI=1S/C20H20FNO6S/c21-13-1-3-14(4-2-13)28-15-5-7-16(8-6-15)29(25,26)22-11-9-18-17(10-12-27-18)19(22)20(23)24/h1-8,17-19H,9-12H2,(H,23,24). The first kappa shape index (κ1) is 19.8. The summed E-state index contributed by atoms with van der Waals surface area (Å²) in [6.45, 7) is 0.538. The van der Waals surface area contributed by atoms with Crippen molar-refractivity contribution in [2.75, 3.05) is 13.2 Å². The molecule has 9 heteroatoms. The highest BCUT2D eigenvalue weighted by Crippen LogP contribution is 2.37. The second-order valence-electron chi connectivity index (χ2n) is 7.08. The van der Waals surface area contributed by atoms with Gasteiger partial charge in [0.15, 0.2) is 0 Å². The van der Waals surface area contributed by atoms with Gasteiger partial charge in [-0.25, -0.2) is 12.8 Å². The fourth-order valence-electron chi connectivity index (χ4n) is 3.96. The van der Waals surface area contributed by atoms with E-state index < -0.39 is 22.0 Å². The monoisotopic (exact) mass is 421 g/mol. The van der Waals surface area contributed by atoms with Crippen molar-refractivity contribution in [3.63, 3.8) is 0 Å². The Morgan fingerprint density at radius 1 is 1.07 bits per heavy atom. The van der Waals surface area contributed by atoms with Crippen LogP contribution in [0.5, 0.6) is 11.5 Å². The van der Waals surface area contributed by atoms with E-state index in [0.29, 0.717) is 30.9 Å². The molecule has 2 aromatic carbocycles. The smallest absolute Gasteiger partial charge is 0.322 e. The lowest BCUT2D eigenvalue weighted by atomic mass is 9.88. The minimum Gasteiger partial charge on any atom is -0.480 e. The zero-order valence-corrected chi connectivity index (χ0v) is 16.2. The summed E-state index contributed by atoms with van der Waals surface area (Å²) in [6, 6.07) is 10.0. The van der Waals surface area contributed by atoms with Crippen molar-refractivity contribution in [3.05, 3.63) is 54.3 Å². The first-order chi connectivity index (χ1) is 13.9. The molecule has 2 aliphatic heterocycles. The number of halogens is 1. The Kier molecular flexibility index (Phi) is 5.28. The molecule has 7 nitrogen and oxygen atoms in total. The number of benzene rings is 2. The number of carboxylic acid groups (broad SMARTS) is 1. The Labute approximate surface area is 167 Å². The molecule has 0 aromatic heterocycles. The molecule has 2 aliphatic rings. The van der Waals surface area contributed by atoms with Crippen LogP contribution in [-0.2, 0) is 19.6 Å². The molecule has 3 unspecified atom stereocenters. The van der Waals surface area contributed by atoms with E-state index in [9.17, 15) is 22.7 Å². The molecule has 0 aliphatic carbocycles. The number of rotatable bonds is 5. The number of ether oxygens (including phenoxy) is 2. The maximum absolute atomic E-state index is 13.1. The zero-order chi connectivity index (χ0) is 20.6. The SMILES string of the molecule is O=C(O)C1C2CCOC2CCN1S(=O)(=O)c1ccc(Oc2ccc(F)cc2)cc1. The number of fused-ring (bicyclic) bond motifs is 1. The van der Waals surface area contributed by atoms with Crippen LogP contribution in [-0.4, -0.2) is 49.1 Å². The van der Waals surface area contributed by atoms with Gasteiger partial charge in [0.1, 0.15) is 23.4 Å². The van der Waals surface area contributed by atoms with Gasteiger partial charge in [-0.3, -0.25) is 4.79 Å². The second-order valence-corrected chi connectivity index (χ2v) is 8.97. The molecule has 2 saturated heterocycles. The number of hydrogen-bond acceptors (Lipinski definition) is 5. The first-order valence-corrected chi connectivity index (χ1v) is 10.7. The molecule has 29 heavy (non-hydrogen) atoms. The predicted molar refractivity (Wildman–Crippen MR) is 101 cm³/mol. The third-order valence-corrected chi connectivity index (χ3v) is 7.24. The molecular formula is C20H20FNO6S. The van der Waals surface area contributed by atoms with Gasteiger partial charge in [0, 0.05) is 19.1 Å². The van der Waals surface area contributed by atoms with E-state index >= 15 is 0 Å². The lowest BCUT2D eigenvalue weighted by molar-refractivity contribution is -0.146. The Hall–Kier alpha value is -2.49. The normalized spacial score (nSPS) is 24.8. The zero-order valence-electron chi connectivity index (χ0n) is 15.4. The average Bonchev–Trinajstić information content (AvgIpc) is 3.18. The van der Waals surface area contributed by atoms with Crippen molar-refractivity contribution in [2.24, 2.45) is 5.92 Å². The van der Waals surface area contributed by atoms with Gasteiger partial charge in [0.25, 0.3) is 0 Å². The lowest BCUT2D eigenvalue weighted by Crippen LogP contribution is -2.55. The van der Waals surface area contributed by atoms with Crippen molar-refractivity contribution in [1.82, 2.24) is 4.31 Å². The molecule has 3 atom stereocenters. The second kappa shape index (κ2) is 7.74. The molecule has 0 spiro atoms. The molecule has 1 N–H and O–H groups in total. The van der Waals surface area contributed by atoms with Crippen molar-refractivity contribution >= 4 is 16.0 Å². The van der Waals surface area contributed by atoms with Gasteiger partial charge in [0.05, 0.1) is 11.0 Å². The molecule has 2 fully saturated rings. The van der Waals surface area contributed by atoms with E-state index in [1.54, 1.807) is 0 Å². The molecule has 0 saturated carbocycles. The summed E-state index contributed by atoms with van der Waals surface area (Å²) in [5, 5.41) is 9.69. The van der Waals surface area contributed by atoms with Crippen LogP contribution in [0.4, 0.5) is 4.39 Å². The van der Waals surface area contributed by atoms with Gasteiger partial charge >= 0.3 is 5.97 Å². The number of hydrogen-bond donors (Lipinski definition) is 1. The van der Waals surface area contributed by atoms with Crippen LogP contribution in [0, 0.1) is 11.7 Å². The number of carbonyl (C=O) groups is 1. The molecular weight excluding hydrogens is 401 g/mol. The summed E-state index contributed by atoms with van der Waals surface area (Å²) in [7, 11) is -4.00. The highest BCUT2D eigenvalue weighted by molar-refractivity contribution is 7.89. The molecule has 4 rings (SSSR count). The maximum Gasteiger partial charge on any atom is 0.322 e. The Balaban J connectivity index is 1.56. The summed E-state index contributed by atoms with van der Waals surface area (Å²) in [6.07, 6.45) is 0.784. The Morgan fingerprint density at radius 3 is 2.31 bits per heavy atom. The summed E-state index contributed by atoms with van der Waals surface area (Å²) < 4.78 is 51.5. The highest BCUT2D eigenvalue weighted by atomic mass is 32.2. The highest BCUT2D eigenvalue weighted by Gasteiger charge is 2.49. The van der Waals surface area contributed by atoms with E-state index in [-0.39, 0.29) is 29.3 Å². The topological polar surface area (TPSA) is 93.1 Å². The van der Waals surface area contributed by atoms with Crippen LogP contribution >= 0.6 is 0 Å². The van der Waals surface area contributed by atoms with Gasteiger partial charge in [-0.1, -0.05) is 0 Å². The van der Waals surface area contributed by atoms with Crippen LogP contribution in [0.2, 0.25) is 0 Å². The van der Waals surface area contributed by atoms with Gasteiger partial charge in [-0.05, 0) is 61.4 Å². The minimum atomic E-state index is -4.00.